The van der Waals surface area contributed by atoms with Crippen molar-refractivity contribution >= 4 is 44.0 Å². The maximum absolute atomic E-state index is 13.9. The van der Waals surface area contributed by atoms with Crippen LogP contribution in [0.3, 0.4) is 0 Å². The number of amides is 1. The number of ether oxygens (including phenoxy) is 1. The number of thiazole rings is 1. The van der Waals surface area contributed by atoms with E-state index in [1.54, 1.807) is 17.0 Å². The van der Waals surface area contributed by atoms with E-state index in [2.05, 4.69) is 20.9 Å². The number of halogens is 2. The third kappa shape index (κ3) is 4.54. The highest BCUT2D eigenvalue weighted by Crippen LogP contribution is 2.32. The fourth-order valence-electron chi connectivity index (χ4n) is 2.64. The molecule has 27 heavy (non-hydrogen) atoms. The van der Waals surface area contributed by atoms with Crippen LogP contribution in [0.25, 0.3) is 0 Å². The van der Waals surface area contributed by atoms with Crippen molar-refractivity contribution in [2.75, 3.05) is 4.90 Å². The summed E-state index contributed by atoms with van der Waals surface area (Å²) >= 11 is 4.57. The first kappa shape index (κ1) is 19.5. The highest BCUT2D eigenvalue weighted by molar-refractivity contribution is 9.10. The summed E-state index contributed by atoms with van der Waals surface area (Å²) < 4.78 is 20.0. The number of carbonyl (C=O) groups is 1. The van der Waals surface area contributed by atoms with Crippen molar-refractivity contribution in [3.63, 3.8) is 0 Å². The van der Waals surface area contributed by atoms with Crippen LogP contribution in [0.15, 0.2) is 52.3 Å². The van der Waals surface area contributed by atoms with Gasteiger partial charge in [0.2, 0.25) is 5.91 Å². The molecule has 0 N–H and O–H groups in total. The van der Waals surface area contributed by atoms with Crippen molar-refractivity contribution in [1.29, 1.82) is 0 Å². The van der Waals surface area contributed by atoms with E-state index in [1.807, 2.05) is 36.6 Å². The highest BCUT2D eigenvalue weighted by Gasteiger charge is 2.20. The Morgan fingerprint density at radius 1 is 1.30 bits per heavy atom. The summed E-state index contributed by atoms with van der Waals surface area (Å²) in [4.78, 5) is 18.4. The molecule has 3 rings (SSSR count). The third-order valence-electron chi connectivity index (χ3n) is 3.93. The Morgan fingerprint density at radius 3 is 2.78 bits per heavy atom. The van der Waals surface area contributed by atoms with Gasteiger partial charge in [0.15, 0.2) is 16.7 Å². The summed E-state index contributed by atoms with van der Waals surface area (Å²) in [6.45, 7) is 3.68. The van der Waals surface area contributed by atoms with Crippen LogP contribution in [0, 0.1) is 5.82 Å². The van der Waals surface area contributed by atoms with Crippen LogP contribution in [-0.4, -0.2) is 10.9 Å². The molecule has 140 valence electrons. The quantitative estimate of drug-likeness (QED) is 0.473. The van der Waals surface area contributed by atoms with Crippen LogP contribution in [0.2, 0.25) is 0 Å². The average Bonchev–Trinajstić information content (AvgIpc) is 3.09. The molecule has 0 aliphatic heterocycles. The monoisotopic (exact) mass is 448 g/mol. The number of hydrogen-bond donors (Lipinski definition) is 0. The zero-order valence-electron chi connectivity index (χ0n) is 14.9. The smallest absolute Gasteiger partial charge is 0.230 e. The standard InChI is InChI=1S/C20H18BrFN2O2S/c1-3-14-6-4-5-7-18(14)24(13(2)25)20-23-16(12-27-20)11-26-19-9-8-15(21)10-17(19)22/h4-10,12H,3,11H2,1-2H3. The maximum Gasteiger partial charge on any atom is 0.230 e. The number of hydrogen-bond acceptors (Lipinski definition) is 4. The largest absolute Gasteiger partial charge is 0.484 e. The molecule has 0 saturated carbocycles. The minimum absolute atomic E-state index is 0.114. The molecule has 1 amide bonds. The van der Waals surface area contributed by atoms with Crippen molar-refractivity contribution in [3.8, 4) is 5.75 Å². The minimum atomic E-state index is -0.443. The Kier molecular flexibility index (Phi) is 6.23. The topological polar surface area (TPSA) is 42.4 Å². The molecular weight excluding hydrogens is 431 g/mol. The number of benzene rings is 2. The second-order valence-corrected chi connectivity index (χ2v) is 7.57. The van der Waals surface area contributed by atoms with Crippen molar-refractivity contribution in [1.82, 2.24) is 4.98 Å². The van der Waals surface area contributed by atoms with Gasteiger partial charge in [-0.2, -0.15) is 0 Å². The van der Waals surface area contributed by atoms with E-state index in [0.29, 0.717) is 15.3 Å². The molecule has 1 aromatic heterocycles. The molecule has 0 saturated heterocycles. The van der Waals surface area contributed by atoms with Gasteiger partial charge in [0.05, 0.1) is 11.4 Å². The number of aryl methyl sites for hydroxylation is 1. The van der Waals surface area contributed by atoms with E-state index in [-0.39, 0.29) is 18.3 Å². The Hall–Kier alpha value is -2.25. The first-order chi connectivity index (χ1) is 13.0. The van der Waals surface area contributed by atoms with Crippen LogP contribution in [0.1, 0.15) is 25.1 Å². The summed E-state index contributed by atoms with van der Waals surface area (Å²) in [5.41, 5.74) is 2.53. The number of anilines is 2. The zero-order chi connectivity index (χ0) is 19.4. The fraction of sp³-hybridized carbons (Fsp3) is 0.200. The lowest BCUT2D eigenvalue weighted by Gasteiger charge is -2.21. The lowest BCUT2D eigenvalue weighted by molar-refractivity contribution is -0.115. The zero-order valence-corrected chi connectivity index (χ0v) is 17.3. The summed E-state index contributed by atoms with van der Waals surface area (Å²) in [5, 5.41) is 2.38. The first-order valence-electron chi connectivity index (χ1n) is 8.40. The number of rotatable bonds is 6. The number of para-hydroxylation sites is 1. The summed E-state index contributed by atoms with van der Waals surface area (Å²) in [6, 6.07) is 12.4. The van der Waals surface area contributed by atoms with E-state index in [1.165, 1.54) is 24.3 Å². The molecule has 0 aliphatic carbocycles. The molecule has 0 atom stereocenters. The Balaban J connectivity index is 1.81. The molecule has 0 bridgehead atoms. The van der Waals surface area contributed by atoms with Crippen LogP contribution in [0.4, 0.5) is 15.2 Å². The molecule has 0 radical (unpaired) electrons. The van der Waals surface area contributed by atoms with Gasteiger partial charge in [0, 0.05) is 16.8 Å². The van der Waals surface area contributed by atoms with Crippen molar-refractivity contribution in [3.05, 3.63) is 69.4 Å². The average molecular weight is 449 g/mol. The Morgan fingerprint density at radius 2 is 2.07 bits per heavy atom. The van der Waals surface area contributed by atoms with Gasteiger partial charge < -0.3 is 4.74 Å². The molecular formula is C20H18BrFN2O2S. The molecule has 0 fully saturated rings. The summed E-state index contributed by atoms with van der Waals surface area (Å²) in [6.07, 6.45) is 0.810. The van der Waals surface area contributed by atoms with Gasteiger partial charge in [-0.25, -0.2) is 9.37 Å². The normalized spacial score (nSPS) is 10.7. The van der Waals surface area contributed by atoms with Crippen LogP contribution in [-0.2, 0) is 17.8 Å². The Labute approximate surface area is 169 Å². The van der Waals surface area contributed by atoms with Gasteiger partial charge in [0.1, 0.15) is 6.61 Å². The van der Waals surface area contributed by atoms with E-state index < -0.39 is 5.82 Å². The Bertz CT molecular complexity index is 961. The highest BCUT2D eigenvalue weighted by atomic mass is 79.9. The van der Waals surface area contributed by atoms with Crippen molar-refractivity contribution in [2.45, 2.75) is 26.9 Å². The van der Waals surface area contributed by atoms with Gasteiger partial charge in [0.25, 0.3) is 0 Å². The third-order valence-corrected chi connectivity index (χ3v) is 5.30. The second kappa shape index (κ2) is 8.63. The molecule has 0 aliphatic rings. The number of aromatic nitrogens is 1. The van der Waals surface area contributed by atoms with Gasteiger partial charge >= 0.3 is 0 Å². The molecule has 7 heteroatoms. The number of carbonyl (C=O) groups excluding carboxylic acids is 1. The van der Waals surface area contributed by atoms with Crippen LogP contribution < -0.4 is 9.64 Å². The van der Waals surface area contributed by atoms with E-state index in [9.17, 15) is 9.18 Å². The summed E-state index contributed by atoms with van der Waals surface area (Å²) in [7, 11) is 0. The first-order valence-corrected chi connectivity index (χ1v) is 10.1. The van der Waals surface area contributed by atoms with E-state index in [0.717, 1.165) is 17.7 Å². The molecule has 1 heterocycles. The van der Waals surface area contributed by atoms with Crippen molar-refractivity contribution < 1.29 is 13.9 Å². The predicted molar refractivity (Wildman–Crippen MR) is 109 cm³/mol. The lowest BCUT2D eigenvalue weighted by Crippen LogP contribution is -2.23. The second-order valence-electron chi connectivity index (χ2n) is 5.82. The van der Waals surface area contributed by atoms with Gasteiger partial charge in [-0.3, -0.25) is 9.69 Å². The lowest BCUT2D eigenvalue weighted by atomic mass is 10.1. The molecule has 0 unspecified atom stereocenters. The molecule has 4 nitrogen and oxygen atoms in total. The molecule has 3 aromatic rings. The van der Waals surface area contributed by atoms with Crippen LogP contribution in [0.5, 0.6) is 5.75 Å². The van der Waals surface area contributed by atoms with Gasteiger partial charge in [-0.1, -0.05) is 41.1 Å². The maximum atomic E-state index is 13.9. The van der Waals surface area contributed by atoms with Crippen LogP contribution >= 0.6 is 27.3 Å². The van der Waals surface area contributed by atoms with Gasteiger partial charge in [-0.05, 0) is 36.2 Å². The van der Waals surface area contributed by atoms with Gasteiger partial charge in [-0.15, -0.1) is 11.3 Å². The summed E-state index contributed by atoms with van der Waals surface area (Å²) in [5.74, 6) is -0.397. The fourth-order valence-corrected chi connectivity index (χ4v) is 3.84. The minimum Gasteiger partial charge on any atom is -0.484 e. The van der Waals surface area contributed by atoms with Crippen molar-refractivity contribution in [2.24, 2.45) is 0 Å². The predicted octanol–water partition coefficient (Wildman–Crippen LogP) is 5.87. The SMILES string of the molecule is CCc1ccccc1N(C(C)=O)c1nc(COc2ccc(Br)cc2F)cs1. The number of nitrogens with zero attached hydrogens (tertiary/aromatic N) is 2. The molecule has 0 spiro atoms. The van der Waals surface area contributed by atoms with E-state index in [4.69, 9.17) is 4.74 Å². The molecule has 2 aromatic carbocycles. The van der Waals surface area contributed by atoms with E-state index >= 15 is 0 Å².